The lowest BCUT2D eigenvalue weighted by Gasteiger charge is -2.42. The van der Waals surface area contributed by atoms with E-state index in [0.717, 1.165) is 21.9 Å². The van der Waals surface area contributed by atoms with Crippen molar-refractivity contribution < 1.29 is 9.47 Å². The molecule has 1 fully saturated rings. The van der Waals surface area contributed by atoms with Gasteiger partial charge in [0.25, 0.3) is 0 Å². The quantitative estimate of drug-likeness (QED) is 0.879. The smallest absolute Gasteiger partial charge is 0.127 e. The summed E-state index contributed by atoms with van der Waals surface area (Å²) in [5.41, 5.74) is 1.97. The van der Waals surface area contributed by atoms with Crippen LogP contribution in [-0.2, 0) is 10.3 Å². The van der Waals surface area contributed by atoms with Crippen molar-refractivity contribution in [3.05, 3.63) is 28.3 Å². The molecule has 0 atom stereocenters. The Morgan fingerprint density at radius 3 is 2.56 bits per heavy atom. The summed E-state index contributed by atoms with van der Waals surface area (Å²) in [6, 6.07) is 3.86. The van der Waals surface area contributed by atoms with Crippen LogP contribution in [0.25, 0.3) is 0 Å². The van der Waals surface area contributed by atoms with Crippen molar-refractivity contribution in [3.8, 4) is 5.75 Å². The Morgan fingerprint density at radius 1 is 1.44 bits per heavy atom. The zero-order valence-electron chi connectivity index (χ0n) is 9.76. The minimum absolute atomic E-state index is 0.152. The molecule has 4 heteroatoms. The van der Waals surface area contributed by atoms with Crippen LogP contribution in [0.15, 0.2) is 12.1 Å². The second-order valence-electron chi connectivity index (χ2n) is 4.13. The molecule has 1 saturated heterocycles. The second-order valence-corrected chi connectivity index (χ2v) is 4.56. The van der Waals surface area contributed by atoms with Crippen molar-refractivity contribution >= 4 is 11.6 Å². The number of likely N-dealkylation sites (N-methyl/N-ethyl adjacent to an activating group) is 1. The molecule has 0 bridgehead atoms. The molecule has 0 aromatic heterocycles. The highest BCUT2D eigenvalue weighted by atomic mass is 35.5. The van der Waals surface area contributed by atoms with Crippen LogP contribution >= 0.6 is 11.6 Å². The molecule has 0 radical (unpaired) electrons. The molecule has 1 aliphatic heterocycles. The summed E-state index contributed by atoms with van der Waals surface area (Å²) in [5, 5.41) is 4.03. The SMILES string of the molecule is CNC1(c2cc(Cl)cc(C)c2OC)COC1. The van der Waals surface area contributed by atoms with Crippen LogP contribution in [0.5, 0.6) is 5.75 Å². The van der Waals surface area contributed by atoms with Crippen LogP contribution in [0.1, 0.15) is 11.1 Å². The molecule has 3 nitrogen and oxygen atoms in total. The van der Waals surface area contributed by atoms with Crippen molar-refractivity contribution in [3.63, 3.8) is 0 Å². The van der Waals surface area contributed by atoms with Gasteiger partial charge in [0.05, 0.1) is 25.9 Å². The van der Waals surface area contributed by atoms with Crippen molar-refractivity contribution in [1.29, 1.82) is 0 Å². The fraction of sp³-hybridized carbons (Fsp3) is 0.500. The van der Waals surface area contributed by atoms with Gasteiger partial charge in [-0.15, -0.1) is 0 Å². The van der Waals surface area contributed by atoms with Gasteiger partial charge in [0, 0.05) is 10.6 Å². The molecule has 0 saturated carbocycles. The van der Waals surface area contributed by atoms with Crippen LogP contribution < -0.4 is 10.1 Å². The maximum atomic E-state index is 6.10. The van der Waals surface area contributed by atoms with Gasteiger partial charge < -0.3 is 14.8 Å². The maximum Gasteiger partial charge on any atom is 0.127 e. The highest BCUT2D eigenvalue weighted by Crippen LogP contribution is 2.39. The topological polar surface area (TPSA) is 30.5 Å². The highest BCUT2D eigenvalue weighted by molar-refractivity contribution is 6.30. The maximum absolute atomic E-state index is 6.10. The zero-order valence-corrected chi connectivity index (χ0v) is 10.5. The van der Waals surface area contributed by atoms with Gasteiger partial charge in [0.15, 0.2) is 0 Å². The largest absolute Gasteiger partial charge is 0.496 e. The van der Waals surface area contributed by atoms with Gasteiger partial charge in [0.1, 0.15) is 5.75 Å². The number of halogens is 1. The molecular formula is C12H16ClNO2. The fourth-order valence-corrected chi connectivity index (χ4v) is 2.37. The van der Waals surface area contributed by atoms with E-state index in [9.17, 15) is 0 Å². The molecule has 16 heavy (non-hydrogen) atoms. The first-order chi connectivity index (χ1) is 7.63. The molecule has 0 spiro atoms. The average molecular weight is 242 g/mol. The summed E-state index contributed by atoms with van der Waals surface area (Å²) in [4.78, 5) is 0. The minimum Gasteiger partial charge on any atom is -0.496 e. The number of hydrogen-bond acceptors (Lipinski definition) is 3. The van der Waals surface area contributed by atoms with E-state index in [1.807, 2.05) is 26.1 Å². The van der Waals surface area contributed by atoms with E-state index in [1.165, 1.54) is 0 Å². The van der Waals surface area contributed by atoms with Gasteiger partial charge in [-0.05, 0) is 31.7 Å². The lowest BCUT2D eigenvalue weighted by Crippen LogP contribution is -2.56. The summed E-state index contributed by atoms with van der Waals surface area (Å²) < 4.78 is 10.8. The highest BCUT2D eigenvalue weighted by Gasteiger charge is 2.41. The molecule has 1 aliphatic rings. The molecule has 0 unspecified atom stereocenters. The van der Waals surface area contributed by atoms with E-state index in [-0.39, 0.29) is 5.54 Å². The Morgan fingerprint density at radius 2 is 2.12 bits per heavy atom. The molecular weight excluding hydrogens is 226 g/mol. The van der Waals surface area contributed by atoms with E-state index < -0.39 is 0 Å². The van der Waals surface area contributed by atoms with Crippen LogP contribution in [-0.4, -0.2) is 27.4 Å². The number of aryl methyl sites for hydroxylation is 1. The zero-order chi connectivity index (χ0) is 11.8. The third-order valence-electron chi connectivity index (χ3n) is 3.13. The van der Waals surface area contributed by atoms with Gasteiger partial charge in [-0.3, -0.25) is 0 Å². The number of benzene rings is 1. The van der Waals surface area contributed by atoms with Gasteiger partial charge >= 0.3 is 0 Å². The van der Waals surface area contributed by atoms with E-state index in [0.29, 0.717) is 13.2 Å². The Kier molecular flexibility index (Phi) is 3.10. The van der Waals surface area contributed by atoms with E-state index in [4.69, 9.17) is 21.1 Å². The van der Waals surface area contributed by atoms with Gasteiger partial charge in [-0.1, -0.05) is 11.6 Å². The first kappa shape index (κ1) is 11.7. The van der Waals surface area contributed by atoms with E-state index >= 15 is 0 Å². The third-order valence-corrected chi connectivity index (χ3v) is 3.35. The Balaban J connectivity index is 2.53. The van der Waals surface area contributed by atoms with Crippen molar-refractivity contribution in [1.82, 2.24) is 5.32 Å². The van der Waals surface area contributed by atoms with Crippen LogP contribution in [0.4, 0.5) is 0 Å². The van der Waals surface area contributed by atoms with Crippen molar-refractivity contribution in [2.75, 3.05) is 27.4 Å². The summed E-state index contributed by atoms with van der Waals surface area (Å²) >= 11 is 6.10. The predicted molar refractivity (Wildman–Crippen MR) is 64.3 cm³/mol. The monoisotopic (exact) mass is 241 g/mol. The summed E-state index contributed by atoms with van der Waals surface area (Å²) in [5.74, 6) is 0.891. The van der Waals surface area contributed by atoms with E-state index in [2.05, 4.69) is 5.32 Å². The molecule has 0 aliphatic carbocycles. The number of methoxy groups -OCH3 is 1. The van der Waals surface area contributed by atoms with Gasteiger partial charge in [0.2, 0.25) is 0 Å². The lowest BCUT2D eigenvalue weighted by atomic mass is 9.86. The Labute approximate surface area is 101 Å². The molecule has 1 aromatic rings. The number of ether oxygens (including phenoxy) is 2. The Bertz CT molecular complexity index is 397. The first-order valence-corrected chi connectivity index (χ1v) is 5.62. The molecule has 1 heterocycles. The predicted octanol–water partition coefficient (Wildman–Crippen LogP) is 2.10. The third kappa shape index (κ3) is 1.69. The fourth-order valence-electron chi connectivity index (χ4n) is 2.10. The molecule has 88 valence electrons. The average Bonchev–Trinajstić information content (AvgIpc) is 2.16. The Hall–Kier alpha value is -0.770. The van der Waals surface area contributed by atoms with Gasteiger partial charge in [-0.25, -0.2) is 0 Å². The lowest BCUT2D eigenvalue weighted by molar-refractivity contribution is -0.0756. The standard InChI is InChI=1S/C12H16ClNO2/c1-8-4-9(13)5-10(11(8)15-3)12(14-2)6-16-7-12/h4-5,14H,6-7H2,1-3H3. The minimum atomic E-state index is -0.152. The van der Waals surface area contributed by atoms with Crippen molar-refractivity contribution in [2.45, 2.75) is 12.5 Å². The first-order valence-electron chi connectivity index (χ1n) is 5.24. The second kappa shape index (κ2) is 4.24. The van der Waals surface area contributed by atoms with Crippen LogP contribution in [0.2, 0.25) is 5.02 Å². The summed E-state index contributed by atoms with van der Waals surface area (Å²) in [6.07, 6.45) is 0. The number of nitrogens with one attached hydrogen (secondary N) is 1. The molecule has 0 amide bonds. The molecule has 2 rings (SSSR count). The van der Waals surface area contributed by atoms with Crippen LogP contribution in [0.3, 0.4) is 0 Å². The number of hydrogen-bond donors (Lipinski definition) is 1. The van der Waals surface area contributed by atoms with Crippen molar-refractivity contribution in [2.24, 2.45) is 0 Å². The molecule has 1 N–H and O–H groups in total. The summed E-state index contributed by atoms with van der Waals surface area (Å²) in [6.45, 7) is 3.30. The number of rotatable bonds is 3. The van der Waals surface area contributed by atoms with Crippen LogP contribution in [0, 0.1) is 6.92 Å². The van der Waals surface area contributed by atoms with E-state index in [1.54, 1.807) is 7.11 Å². The van der Waals surface area contributed by atoms with Gasteiger partial charge in [-0.2, -0.15) is 0 Å². The normalized spacial score (nSPS) is 18.0. The summed E-state index contributed by atoms with van der Waals surface area (Å²) in [7, 11) is 3.61. The molecule has 1 aromatic carbocycles.